The van der Waals surface area contributed by atoms with E-state index in [0.717, 1.165) is 22.5 Å². The van der Waals surface area contributed by atoms with Gasteiger partial charge in [-0.2, -0.15) is 10.2 Å². The van der Waals surface area contributed by atoms with Crippen LogP contribution in [0.25, 0.3) is 32.7 Å². The monoisotopic (exact) mass is 726 g/mol. The normalized spacial score (nSPS) is 12.0. The number of fused-ring (bicyclic) bond motifs is 2. The van der Waals surface area contributed by atoms with E-state index in [1.54, 1.807) is 13.8 Å². The summed E-state index contributed by atoms with van der Waals surface area (Å²) < 4.78 is 0. The lowest BCUT2D eigenvalue weighted by atomic mass is 9.83. The number of aromatic hydroxyl groups is 6. The minimum Gasteiger partial charge on any atom is -0.507 e. The summed E-state index contributed by atoms with van der Waals surface area (Å²) in [7, 11) is 0. The highest BCUT2D eigenvalue weighted by molar-refractivity contribution is 6.15. The molecular weight excluding hydrogens is 681 g/mol. The van der Waals surface area contributed by atoms with E-state index in [4.69, 9.17) is 0 Å². The molecule has 0 saturated heterocycles. The van der Waals surface area contributed by atoms with Crippen molar-refractivity contribution in [1.29, 1.82) is 0 Å². The molecule has 0 aromatic heterocycles. The molecule has 0 atom stereocenters. The van der Waals surface area contributed by atoms with Crippen molar-refractivity contribution in [2.75, 3.05) is 10.9 Å². The van der Waals surface area contributed by atoms with E-state index < -0.39 is 11.5 Å². The highest BCUT2D eigenvalue weighted by Crippen LogP contribution is 2.54. The van der Waals surface area contributed by atoms with Crippen molar-refractivity contribution < 1.29 is 30.6 Å². The molecule has 0 amide bonds. The Labute approximate surface area is 314 Å². The van der Waals surface area contributed by atoms with Crippen molar-refractivity contribution in [1.82, 2.24) is 0 Å². The fraction of sp³-hybridized carbons (Fsp3) is 0.227. The molecule has 0 aliphatic carbocycles. The average Bonchev–Trinajstić information content (AvgIpc) is 3.11. The van der Waals surface area contributed by atoms with Crippen LogP contribution in [-0.2, 0) is 0 Å². The summed E-state index contributed by atoms with van der Waals surface area (Å²) in [6, 6.07) is 18.7. The summed E-state index contributed by atoms with van der Waals surface area (Å²) in [5.41, 5.74) is 12.1. The summed E-state index contributed by atoms with van der Waals surface area (Å²) in [4.78, 5) is 0. The number of rotatable bonds is 9. The lowest BCUT2D eigenvalue weighted by Crippen LogP contribution is -2.02. The molecule has 0 saturated carbocycles. The molecule has 0 unspecified atom stereocenters. The van der Waals surface area contributed by atoms with E-state index in [1.165, 1.54) is 12.4 Å². The number of hydrogen-bond acceptors (Lipinski definition) is 10. The van der Waals surface area contributed by atoms with Crippen LogP contribution in [0.2, 0.25) is 0 Å². The van der Waals surface area contributed by atoms with Crippen molar-refractivity contribution >= 4 is 45.3 Å². The standard InChI is InChI=1S/C44H46N4O6/c1-21(2)33-27-17-25(7)35(41(51)37(27)29(39(49)43(33)53)19-45-47-31-15-11-9-13-23(31)5)36-26(8)18-28-34(22(3)4)44(54)40(50)30(38(28)42(36)52)20-46-48-32-16-12-10-14-24(32)6/h9-22,47-54H,1-8H3/b45-19+,46-20+. The maximum atomic E-state index is 12.4. The summed E-state index contributed by atoms with van der Waals surface area (Å²) in [6.45, 7) is 15.0. The van der Waals surface area contributed by atoms with Gasteiger partial charge in [0.2, 0.25) is 0 Å². The predicted octanol–water partition coefficient (Wildman–Crippen LogP) is 10.3. The lowest BCUT2D eigenvalue weighted by Gasteiger charge is -2.23. The topological polar surface area (TPSA) is 170 Å². The van der Waals surface area contributed by atoms with Crippen LogP contribution in [0.4, 0.5) is 11.4 Å². The van der Waals surface area contributed by atoms with Crippen molar-refractivity contribution in [2.45, 2.75) is 67.2 Å². The first-order valence-electron chi connectivity index (χ1n) is 17.8. The van der Waals surface area contributed by atoms with Gasteiger partial charge in [-0.15, -0.1) is 0 Å². The molecule has 6 rings (SSSR count). The molecule has 8 N–H and O–H groups in total. The Morgan fingerprint density at radius 3 is 1.17 bits per heavy atom. The molecule has 54 heavy (non-hydrogen) atoms. The van der Waals surface area contributed by atoms with Gasteiger partial charge in [-0.05, 0) is 84.7 Å². The van der Waals surface area contributed by atoms with E-state index in [-0.39, 0.29) is 67.9 Å². The van der Waals surface area contributed by atoms with E-state index in [1.807, 2.05) is 102 Å². The first-order chi connectivity index (χ1) is 25.6. The van der Waals surface area contributed by atoms with Gasteiger partial charge in [0.1, 0.15) is 11.5 Å². The number of hydrazone groups is 2. The van der Waals surface area contributed by atoms with Crippen LogP contribution >= 0.6 is 0 Å². The molecule has 0 heterocycles. The summed E-state index contributed by atoms with van der Waals surface area (Å²) in [6.07, 6.45) is 2.71. The molecule has 0 aliphatic heterocycles. The summed E-state index contributed by atoms with van der Waals surface area (Å²) >= 11 is 0. The third-order valence-electron chi connectivity index (χ3n) is 10.0. The number of nitrogens with one attached hydrogen (secondary N) is 2. The Bertz CT molecular complexity index is 2340. The molecule has 6 aromatic rings. The second-order valence-electron chi connectivity index (χ2n) is 14.4. The first-order valence-corrected chi connectivity index (χ1v) is 17.8. The van der Waals surface area contributed by atoms with Crippen molar-refractivity contribution in [2.24, 2.45) is 10.2 Å². The predicted molar refractivity (Wildman–Crippen MR) is 219 cm³/mol. The van der Waals surface area contributed by atoms with Gasteiger partial charge in [-0.3, -0.25) is 10.9 Å². The summed E-state index contributed by atoms with van der Waals surface area (Å²) in [5, 5.41) is 80.4. The fourth-order valence-corrected chi connectivity index (χ4v) is 7.35. The van der Waals surface area contributed by atoms with Crippen LogP contribution in [0.15, 0.2) is 70.9 Å². The van der Waals surface area contributed by atoms with Crippen LogP contribution in [0, 0.1) is 27.7 Å². The fourth-order valence-electron chi connectivity index (χ4n) is 7.35. The number of benzene rings is 6. The Morgan fingerprint density at radius 2 is 0.833 bits per heavy atom. The number of para-hydroxylation sites is 2. The second kappa shape index (κ2) is 14.5. The number of hydrogen-bond donors (Lipinski definition) is 8. The van der Waals surface area contributed by atoms with Crippen LogP contribution in [0.3, 0.4) is 0 Å². The minimum absolute atomic E-state index is 0.0735. The molecule has 10 heteroatoms. The van der Waals surface area contributed by atoms with Crippen molar-refractivity contribution in [3.63, 3.8) is 0 Å². The van der Waals surface area contributed by atoms with Crippen molar-refractivity contribution in [3.05, 3.63) is 105 Å². The number of nitrogens with zero attached hydrogens (tertiary/aromatic N) is 2. The van der Waals surface area contributed by atoms with Crippen LogP contribution in [0.5, 0.6) is 34.5 Å². The van der Waals surface area contributed by atoms with Gasteiger partial charge < -0.3 is 30.6 Å². The second-order valence-corrected chi connectivity index (χ2v) is 14.4. The highest BCUT2D eigenvalue weighted by atomic mass is 16.3. The molecule has 0 fully saturated rings. The van der Waals surface area contributed by atoms with Gasteiger partial charge >= 0.3 is 0 Å². The van der Waals surface area contributed by atoms with Crippen LogP contribution < -0.4 is 10.9 Å². The molecule has 10 nitrogen and oxygen atoms in total. The SMILES string of the molecule is Cc1ccccc1N/N=C/c1c(O)c(O)c(C(C)C)c2cc(C)c(-c3c(C)cc4c(C(C)C)c(O)c(O)c(/C=N/Nc5ccccc5C)c4c3O)c(O)c12. The van der Waals surface area contributed by atoms with E-state index in [9.17, 15) is 30.6 Å². The number of aryl methyl sites for hydroxylation is 4. The molecule has 0 spiro atoms. The Balaban J connectivity index is 1.65. The van der Waals surface area contributed by atoms with Crippen LogP contribution in [-0.4, -0.2) is 43.1 Å². The van der Waals surface area contributed by atoms with E-state index in [0.29, 0.717) is 33.0 Å². The van der Waals surface area contributed by atoms with Gasteiger partial charge in [0.05, 0.1) is 34.9 Å². The Kier molecular flexibility index (Phi) is 10.1. The zero-order chi connectivity index (χ0) is 39.2. The minimum atomic E-state index is -0.451. The van der Waals surface area contributed by atoms with Gasteiger partial charge in [0, 0.05) is 33.0 Å². The zero-order valence-electron chi connectivity index (χ0n) is 31.7. The van der Waals surface area contributed by atoms with Crippen LogP contribution in [0.1, 0.15) is 84.0 Å². The highest BCUT2D eigenvalue weighted by Gasteiger charge is 2.29. The van der Waals surface area contributed by atoms with Gasteiger partial charge in [0.15, 0.2) is 23.0 Å². The molecule has 278 valence electrons. The number of phenols is 6. The summed E-state index contributed by atoms with van der Waals surface area (Å²) in [5.74, 6) is -2.51. The Morgan fingerprint density at radius 1 is 0.481 bits per heavy atom. The van der Waals surface area contributed by atoms with E-state index in [2.05, 4.69) is 21.1 Å². The molecule has 0 aliphatic rings. The molecule has 6 aromatic carbocycles. The zero-order valence-corrected chi connectivity index (χ0v) is 31.7. The smallest absolute Gasteiger partial charge is 0.167 e. The number of anilines is 2. The van der Waals surface area contributed by atoms with Gasteiger partial charge in [0.25, 0.3) is 0 Å². The maximum absolute atomic E-state index is 12.4. The first kappa shape index (κ1) is 37.3. The van der Waals surface area contributed by atoms with E-state index >= 15 is 0 Å². The third kappa shape index (κ3) is 6.33. The molecule has 0 bridgehead atoms. The average molecular weight is 727 g/mol. The van der Waals surface area contributed by atoms with Gasteiger partial charge in [-0.25, -0.2) is 0 Å². The largest absolute Gasteiger partial charge is 0.507 e. The third-order valence-corrected chi connectivity index (χ3v) is 10.0. The number of phenolic OH excluding ortho intramolecular Hbond substituents is 6. The maximum Gasteiger partial charge on any atom is 0.167 e. The van der Waals surface area contributed by atoms with Gasteiger partial charge in [-0.1, -0.05) is 76.2 Å². The molecule has 0 radical (unpaired) electrons. The Hall–Kier alpha value is -6.42. The van der Waals surface area contributed by atoms with Crippen molar-refractivity contribution in [3.8, 4) is 45.6 Å². The molecular formula is C44H46N4O6. The lowest BCUT2D eigenvalue weighted by molar-refractivity contribution is 0.398. The quantitative estimate of drug-likeness (QED) is 0.0413.